The third kappa shape index (κ3) is 6.38. The SMILES string of the molecule is Cn1cc(CS(=O)(=O)Cc2ccccc2)c(=O)n(CC(=O)CCc2ccc(C(=N)N)cc2)c1=O. The number of ketones is 1. The number of rotatable bonds is 10. The Balaban J connectivity index is 1.74. The first-order valence-corrected chi connectivity index (χ1v) is 12.4. The average molecular weight is 483 g/mol. The number of nitrogen functional groups attached to an aromatic ring is 1. The molecule has 3 N–H and O–H groups in total. The number of hydrogen-bond acceptors (Lipinski definition) is 6. The number of amidine groups is 1. The van der Waals surface area contributed by atoms with Gasteiger partial charge in [0.1, 0.15) is 5.84 Å². The minimum atomic E-state index is -3.68. The molecular weight excluding hydrogens is 456 g/mol. The van der Waals surface area contributed by atoms with Gasteiger partial charge in [-0.15, -0.1) is 0 Å². The van der Waals surface area contributed by atoms with E-state index in [0.717, 1.165) is 14.7 Å². The van der Waals surface area contributed by atoms with Gasteiger partial charge in [-0.2, -0.15) is 0 Å². The van der Waals surface area contributed by atoms with Crippen LogP contribution < -0.4 is 17.0 Å². The van der Waals surface area contributed by atoms with Gasteiger partial charge in [-0.25, -0.2) is 13.2 Å². The second-order valence-electron chi connectivity index (χ2n) is 8.11. The van der Waals surface area contributed by atoms with Crippen molar-refractivity contribution in [3.63, 3.8) is 0 Å². The Morgan fingerprint density at radius 3 is 2.24 bits per heavy atom. The lowest BCUT2D eigenvalue weighted by Gasteiger charge is -2.11. The highest BCUT2D eigenvalue weighted by Gasteiger charge is 2.19. The minimum Gasteiger partial charge on any atom is -0.384 e. The van der Waals surface area contributed by atoms with Crippen LogP contribution in [0.5, 0.6) is 0 Å². The number of Topliss-reactive ketones (excluding diaryl/α,β-unsaturated/α-hetero) is 1. The van der Waals surface area contributed by atoms with Crippen molar-refractivity contribution in [3.8, 4) is 0 Å². The number of sulfone groups is 1. The highest BCUT2D eigenvalue weighted by molar-refractivity contribution is 7.89. The van der Waals surface area contributed by atoms with Crippen molar-refractivity contribution in [1.29, 1.82) is 5.41 Å². The standard InChI is InChI=1S/C24H26N4O5S/c1-27-13-20(16-34(32,33)15-18-5-3-2-4-6-18)23(30)28(24(27)31)14-21(29)12-9-17-7-10-19(11-8-17)22(25)26/h2-8,10-11,13H,9,12,14-16H2,1H3,(H3,25,26). The van der Waals surface area contributed by atoms with Crippen molar-refractivity contribution < 1.29 is 13.2 Å². The Morgan fingerprint density at radius 2 is 1.62 bits per heavy atom. The zero-order chi connectivity index (χ0) is 24.9. The molecule has 10 heteroatoms. The zero-order valence-corrected chi connectivity index (χ0v) is 19.5. The highest BCUT2D eigenvalue weighted by Crippen LogP contribution is 2.10. The zero-order valence-electron chi connectivity index (χ0n) is 18.7. The number of aryl methyl sites for hydroxylation is 2. The summed E-state index contributed by atoms with van der Waals surface area (Å²) in [6, 6.07) is 15.5. The first-order chi connectivity index (χ1) is 16.1. The molecule has 1 heterocycles. The fraction of sp³-hybridized carbons (Fsp3) is 0.250. The van der Waals surface area contributed by atoms with Crippen LogP contribution >= 0.6 is 0 Å². The van der Waals surface area contributed by atoms with Crippen LogP contribution in [0.2, 0.25) is 0 Å². The molecule has 0 radical (unpaired) electrons. The number of nitrogens with zero attached hydrogens (tertiary/aromatic N) is 2. The van der Waals surface area contributed by atoms with Crippen molar-refractivity contribution >= 4 is 21.5 Å². The number of aromatic nitrogens is 2. The van der Waals surface area contributed by atoms with E-state index in [4.69, 9.17) is 11.1 Å². The molecule has 1 aromatic heterocycles. The van der Waals surface area contributed by atoms with Crippen LogP contribution in [0.15, 0.2) is 70.4 Å². The lowest BCUT2D eigenvalue weighted by Crippen LogP contribution is -2.42. The second-order valence-corrected chi connectivity index (χ2v) is 10.2. The Kier molecular flexibility index (Phi) is 7.62. The molecule has 34 heavy (non-hydrogen) atoms. The summed E-state index contributed by atoms with van der Waals surface area (Å²) in [5.74, 6) is -1.16. The Hall–Kier alpha value is -3.79. The molecule has 0 amide bonds. The largest absolute Gasteiger partial charge is 0.384 e. The summed E-state index contributed by atoms with van der Waals surface area (Å²) in [4.78, 5) is 37.9. The van der Waals surface area contributed by atoms with E-state index >= 15 is 0 Å². The summed E-state index contributed by atoms with van der Waals surface area (Å²) in [6.07, 6.45) is 1.69. The van der Waals surface area contributed by atoms with E-state index in [0.29, 0.717) is 17.5 Å². The number of benzene rings is 2. The van der Waals surface area contributed by atoms with Crippen LogP contribution in [0.25, 0.3) is 0 Å². The van der Waals surface area contributed by atoms with Crippen LogP contribution in [0.3, 0.4) is 0 Å². The first kappa shape index (κ1) is 24.8. The van der Waals surface area contributed by atoms with Crippen LogP contribution in [0.4, 0.5) is 0 Å². The molecule has 178 valence electrons. The van der Waals surface area contributed by atoms with Gasteiger partial charge < -0.3 is 10.3 Å². The topological polar surface area (TPSA) is 145 Å². The summed E-state index contributed by atoms with van der Waals surface area (Å²) in [7, 11) is -2.27. The Morgan fingerprint density at radius 1 is 0.971 bits per heavy atom. The molecule has 0 aliphatic carbocycles. The van der Waals surface area contributed by atoms with E-state index in [9.17, 15) is 22.8 Å². The van der Waals surface area contributed by atoms with Gasteiger partial charge >= 0.3 is 5.69 Å². The predicted molar refractivity (Wildman–Crippen MR) is 129 cm³/mol. The van der Waals surface area contributed by atoms with Crippen molar-refractivity contribution in [1.82, 2.24) is 9.13 Å². The summed E-state index contributed by atoms with van der Waals surface area (Å²) < 4.78 is 27.2. The van der Waals surface area contributed by atoms with E-state index in [2.05, 4.69) is 0 Å². The molecule has 0 aliphatic heterocycles. The quantitative estimate of drug-likeness (QED) is 0.327. The molecule has 0 unspecified atom stereocenters. The predicted octanol–water partition coefficient (Wildman–Crippen LogP) is 1.15. The maximum absolute atomic E-state index is 12.9. The van der Waals surface area contributed by atoms with Crippen LogP contribution in [0, 0.1) is 5.41 Å². The van der Waals surface area contributed by atoms with Crippen LogP contribution in [-0.4, -0.2) is 29.2 Å². The van der Waals surface area contributed by atoms with Gasteiger partial charge in [0.15, 0.2) is 15.6 Å². The molecular formula is C24H26N4O5S. The van der Waals surface area contributed by atoms with Crippen molar-refractivity contribution in [3.05, 3.63) is 104 Å². The number of hydrogen-bond donors (Lipinski definition) is 2. The molecule has 3 aromatic rings. The monoisotopic (exact) mass is 482 g/mol. The summed E-state index contributed by atoms with van der Waals surface area (Å²) in [5.41, 5.74) is 5.92. The molecule has 0 bridgehead atoms. The lowest BCUT2D eigenvalue weighted by atomic mass is 10.1. The average Bonchev–Trinajstić information content (AvgIpc) is 2.79. The second kappa shape index (κ2) is 10.4. The van der Waals surface area contributed by atoms with Gasteiger partial charge in [-0.1, -0.05) is 54.6 Å². The number of nitrogens with one attached hydrogen (secondary N) is 1. The third-order valence-corrected chi connectivity index (χ3v) is 6.82. The Bertz CT molecular complexity index is 1420. The summed E-state index contributed by atoms with van der Waals surface area (Å²) >= 11 is 0. The van der Waals surface area contributed by atoms with Gasteiger partial charge in [0.25, 0.3) is 5.56 Å². The fourth-order valence-corrected chi connectivity index (χ4v) is 5.01. The van der Waals surface area contributed by atoms with Crippen LogP contribution in [0.1, 0.15) is 28.7 Å². The number of nitrogens with two attached hydrogens (primary N) is 1. The number of carbonyl (C=O) groups excluding carboxylic acids is 1. The van der Waals surface area contributed by atoms with Gasteiger partial charge in [-0.05, 0) is 17.5 Å². The minimum absolute atomic E-state index is 0.0523. The molecule has 0 saturated heterocycles. The smallest absolute Gasteiger partial charge is 0.331 e. The third-order valence-electron chi connectivity index (χ3n) is 5.30. The molecule has 0 fully saturated rings. The van der Waals surface area contributed by atoms with E-state index in [-0.39, 0.29) is 29.4 Å². The molecule has 2 aromatic carbocycles. The number of carbonyl (C=O) groups is 1. The first-order valence-electron chi connectivity index (χ1n) is 10.5. The summed E-state index contributed by atoms with van der Waals surface area (Å²) in [6.45, 7) is -0.441. The molecule has 0 aliphatic rings. The lowest BCUT2D eigenvalue weighted by molar-refractivity contribution is -0.119. The van der Waals surface area contributed by atoms with E-state index in [1.807, 2.05) is 0 Å². The fourth-order valence-electron chi connectivity index (χ4n) is 3.54. The maximum Gasteiger partial charge on any atom is 0.331 e. The van der Waals surface area contributed by atoms with Crippen LogP contribution in [-0.2, 0) is 46.2 Å². The van der Waals surface area contributed by atoms with Crippen molar-refractivity contribution in [2.45, 2.75) is 30.9 Å². The van der Waals surface area contributed by atoms with Gasteiger partial charge in [0.2, 0.25) is 0 Å². The maximum atomic E-state index is 12.9. The van der Waals surface area contributed by atoms with E-state index in [1.165, 1.54) is 13.2 Å². The van der Waals surface area contributed by atoms with E-state index < -0.39 is 33.4 Å². The van der Waals surface area contributed by atoms with Crippen molar-refractivity contribution in [2.24, 2.45) is 12.8 Å². The molecule has 3 rings (SSSR count). The molecule has 0 spiro atoms. The van der Waals surface area contributed by atoms with E-state index in [1.54, 1.807) is 54.6 Å². The molecule has 9 nitrogen and oxygen atoms in total. The summed E-state index contributed by atoms with van der Waals surface area (Å²) in [5, 5.41) is 7.41. The van der Waals surface area contributed by atoms with Gasteiger partial charge in [0.05, 0.1) is 18.1 Å². The van der Waals surface area contributed by atoms with Gasteiger partial charge in [0, 0.05) is 30.8 Å². The van der Waals surface area contributed by atoms with Crippen molar-refractivity contribution in [2.75, 3.05) is 0 Å². The molecule has 0 atom stereocenters. The normalized spacial score (nSPS) is 11.3. The van der Waals surface area contributed by atoms with Gasteiger partial charge in [-0.3, -0.25) is 19.6 Å². The highest BCUT2D eigenvalue weighted by atomic mass is 32.2. The Labute approximate surface area is 196 Å². The molecule has 0 saturated carbocycles.